The summed E-state index contributed by atoms with van der Waals surface area (Å²) >= 11 is 0. The van der Waals surface area contributed by atoms with E-state index in [1.54, 1.807) is 6.92 Å². The molecule has 7 heteroatoms. The summed E-state index contributed by atoms with van der Waals surface area (Å²) < 4.78 is 5.60. The lowest BCUT2D eigenvalue weighted by molar-refractivity contribution is -0.384. The number of fused-ring (bicyclic) bond motifs is 1. The van der Waals surface area contributed by atoms with Gasteiger partial charge in [-0.1, -0.05) is 24.3 Å². The third-order valence-corrected chi connectivity index (χ3v) is 4.69. The summed E-state index contributed by atoms with van der Waals surface area (Å²) in [4.78, 5) is 34.0. The van der Waals surface area contributed by atoms with Crippen LogP contribution < -0.4 is 10.1 Å². The number of carbonyl (C=O) groups excluding carboxylic acids is 2. The molecule has 1 aliphatic carbocycles. The van der Waals surface area contributed by atoms with Crippen LogP contribution in [0.15, 0.2) is 42.5 Å². The monoisotopic (exact) mass is 368 g/mol. The highest BCUT2D eigenvalue weighted by Crippen LogP contribution is 2.30. The molecule has 27 heavy (non-hydrogen) atoms. The predicted octanol–water partition coefficient (Wildman–Crippen LogP) is 3.37. The van der Waals surface area contributed by atoms with Gasteiger partial charge in [0.2, 0.25) is 0 Å². The van der Waals surface area contributed by atoms with Crippen LogP contribution in [0.5, 0.6) is 5.75 Å². The van der Waals surface area contributed by atoms with E-state index in [2.05, 4.69) is 11.4 Å². The van der Waals surface area contributed by atoms with Crippen molar-refractivity contribution >= 4 is 17.9 Å². The molecule has 0 spiro atoms. The average Bonchev–Trinajstić information content (AvgIpc) is 2.68. The van der Waals surface area contributed by atoms with Crippen molar-refractivity contribution in [1.82, 2.24) is 5.32 Å². The molecule has 0 saturated heterocycles. The van der Waals surface area contributed by atoms with E-state index < -0.39 is 11.0 Å². The number of carbonyl (C=O) groups is 2. The van der Waals surface area contributed by atoms with E-state index in [1.165, 1.54) is 17.7 Å². The first-order chi connectivity index (χ1) is 13.0. The van der Waals surface area contributed by atoms with E-state index in [1.807, 2.05) is 18.2 Å². The minimum atomic E-state index is -0.848. The molecule has 0 heterocycles. The molecule has 0 saturated carbocycles. The van der Waals surface area contributed by atoms with Gasteiger partial charge in [-0.2, -0.15) is 0 Å². The van der Waals surface area contributed by atoms with Crippen molar-refractivity contribution in [3.05, 3.63) is 69.3 Å². The summed E-state index contributed by atoms with van der Waals surface area (Å²) in [7, 11) is 0. The number of nitro groups is 1. The Labute approximate surface area is 156 Å². The first-order valence-corrected chi connectivity index (χ1v) is 8.78. The van der Waals surface area contributed by atoms with Crippen molar-refractivity contribution < 1.29 is 19.2 Å². The molecule has 2 atom stereocenters. The molecule has 7 nitrogen and oxygen atoms in total. The van der Waals surface area contributed by atoms with Crippen LogP contribution in [-0.2, 0) is 11.2 Å². The largest absolute Gasteiger partial charge is 0.480 e. The SMILES string of the molecule is C[C@@H](Oc1ccc([N+](=O)[O-])cc1C=O)C(=O)N[C@H]1CCCc2ccccc21. The number of aryl methyl sites for hydroxylation is 1. The molecule has 1 aliphatic rings. The smallest absolute Gasteiger partial charge is 0.270 e. The fraction of sp³-hybridized carbons (Fsp3) is 0.300. The Morgan fingerprint density at radius 2 is 2.11 bits per heavy atom. The number of non-ortho nitro benzene ring substituents is 1. The summed E-state index contributed by atoms with van der Waals surface area (Å²) in [5, 5.41) is 13.8. The van der Waals surface area contributed by atoms with Crippen LogP contribution in [0.2, 0.25) is 0 Å². The number of nitro benzene ring substituents is 1. The maximum Gasteiger partial charge on any atom is 0.270 e. The van der Waals surface area contributed by atoms with Gasteiger partial charge in [-0.15, -0.1) is 0 Å². The number of hydrogen-bond donors (Lipinski definition) is 1. The molecule has 0 aromatic heterocycles. The fourth-order valence-electron chi connectivity index (χ4n) is 3.29. The number of benzene rings is 2. The number of amides is 1. The molecule has 2 aromatic carbocycles. The zero-order valence-electron chi connectivity index (χ0n) is 14.9. The first kappa shape index (κ1) is 18.6. The second-order valence-corrected chi connectivity index (χ2v) is 6.51. The molecule has 3 rings (SSSR count). The lowest BCUT2D eigenvalue weighted by atomic mass is 9.87. The maximum atomic E-state index is 12.6. The third kappa shape index (κ3) is 4.13. The molecule has 0 fully saturated rings. The molecule has 1 amide bonds. The topological polar surface area (TPSA) is 98.5 Å². The molecule has 1 N–H and O–H groups in total. The average molecular weight is 368 g/mol. The van der Waals surface area contributed by atoms with E-state index in [4.69, 9.17) is 4.74 Å². The van der Waals surface area contributed by atoms with E-state index in [0.29, 0.717) is 6.29 Å². The Balaban J connectivity index is 1.70. The van der Waals surface area contributed by atoms with Crippen molar-refractivity contribution in [2.45, 2.75) is 38.3 Å². The predicted molar refractivity (Wildman–Crippen MR) is 98.8 cm³/mol. The molecule has 0 unspecified atom stereocenters. The van der Waals surface area contributed by atoms with Crippen molar-refractivity contribution in [3.63, 3.8) is 0 Å². The normalized spacial score (nSPS) is 16.7. The molecular formula is C20H20N2O5. The van der Waals surface area contributed by atoms with E-state index in [0.717, 1.165) is 30.9 Å². The summed E-state index contributed by atoms with van der Waals surface area (Å²) in [5.74, 6) is -0.158. The number of ether oxygens (including phenoxy) is 1. The van der Waals surface area contributed by atoms with Gasteiger partial charge in [-0.3, -0.25) is 19.7 Å². The highest BCUT2D eigenvalue weighted by Gasteiger charge is 2.25. The quantitative estimate of drug-likeness (QED) is 0.479. The van der Waals surface area contributed by atoms with Crippen molar-refractivity contribution in [1.29, 1.82) is 0 Å². The van der Waals surface area contributed by atoms with Crippen LogP contribution in [0.4, 0.5) is 5.69 Å². The second-order valence-electron chi connectivity index (χ2n) is 6.51. The molecular weight excluding hydrogens is 348 g/mol. The standard InChI is InChI=1S/C20H20N2O5/c1-13(27-19-10-9-16(22(25)26)11-15(19)12-23)20(24)21-18-8-4-6-14-5-2-3-7-17(14)18/h2-3,5,7,9-13,18H,4,6,8H2,1H3,(H,21,24)/t13-,18+/m1/s1. The van der Waals surface area contributed by atoms with Crippen LogP contribution in [0, 0.1) is 10.1 Å². The number of rotatable bonds is 6. The van der Waals surface area contributed by atoms with E-state index in [-0.39, 0.29) is 28.9 Å². The summed E-state index contributed by atoms with van der Waals surface area (Å²) in [6.07, 6.45) is 2.48. The Hall–Kier alpha value is -3.22. The molecule has 0 radical (unpaired) electrons. The van der Waals surface area contributed by atoms with Crippen LogP contribution in [0.25, 0.3) is 0 Å². The Morgan fingerprint density at radius 1 is 1.33 bits per heavy atom. The van der Waals surface area contributed by atoms with Crippen molar-refractivity contribution in [2.24, 2.45) is 0 Å². The highest BCUT2D eigenvalue weighted by molar-refractivity contribution is 5.83. The third-order valence-electron chi connectivity index (χ3n) is 4.69. The lowest BCUT2D eigenvalue weighted by Gasteiger charge is -2.27. The van der Waals surface area contributed by atoms with Gasteiger partial charge in [-0.25, -0.2) is 0 Å². The maximum absolute atomic E-state index is 12.6. The van der Waals surface area contributed by atoms with Crippen LogP contribution >= 0.6 is 0 Å². The number of nitrogens with zero attached hydrogens (tertiary/aromatic N) is 1. The van der Waals surface area contributed by atoms with Gasteiger partial charge < -0.3 is 10.1 Å². The minimum absolute atomic E-state index is 0.0341. The summed E-state index contributed by atoms with van der Waals surface area (Å²) in [6, 6.07) is 11.7. The highest BCUT2D eigenvalue weighted by atomic mass is 16.6. The number of nitrogens with one attached hydrogen (secondary N) is 1. The summed E-state index contributed by atoms with van der Waals surface area (Å²) in [6.45, 7) is 1.58. The Bertz CT molecular complexity index is 880. The molecule has 2 aromatic rings. The van der Waals surface area contributed by atoms with Gasteiger partial charge in [-0.05, 0) is 43.4 Å². The zero-order valence-corrected chi connectivity index (χ0v) is 14.9. The molecule has 0 bridgehead atoms. The second kappa shape index (κ2) is 7.99. The van der Waals surface area contributed by atoms with Crippen molar-refractivity contribution in [2.75, 3.05) is 0 Å². The first-order valence-electron chi connectivity index (χ1n) is 8.78. The van der Waals surface area contributed by atoms with Crippen molar-refractivity contribution in [3.8, 4) is 5.75 Å². The van der Waals surface area contributed by atoms with Gasteiger partial charge in [0.05, 0.1) is 16.5 Å². The number of hydrogen-bond acceptors (Lipinski definition) is 5. The van der Waals surface area contributed by atoms with Crippen LogP contribution in [0.1, 0.15) is 47.3 Å². The Kier molecular flexibility index (Phi) is 5.49. The van der Waals surface area contributed by atoms with E-state index in [9.17, 15) is 19.7 Å². The molecule has 0 aliphatic heterocycles. The van der Waals surface area contributed by atoms with E-state index >= 15 is 0 Å². The Morgan fingerprint density at radius 3 is 2.85 bits per heavy atom. The van der Waals surface area contributed by atoms with Crippen LogP contribution in [-0.4, -0.2) is 23.2 Å². The summed E-state index contributed by atoms with van der Waals surface area (Å²) in [5.41, 5.74) is 2.18. The van der Waals surface area contributed by atoms with Gasteiger partial charge in [0.25, 0.3) is 11.6 Å². The van der Waals surface area contributed by atoms with Gasteiger partial charge in [0, 0.05) is 12.1 Å². The minimum Gasteiger partial charge on any atom is -0.480 e. The van der Waals surface area contributed by atoms with Crippen LogP contribution in [0.3, 0.4) is 0 Å². The van der Waals surface area contributed by atoms with Gasteiger partial charge >= 0.3 is 0 Å². The lowest BCUT2D eigenvalue weighted by Crippen LogP contribution is -2.39. The van der Waals surface area contributed by atoms with Gasteiger partial charge in [0.15, 0.2) is 12.4 Å². The zero-order chi connectivity index (χ0) is 19.4. The van der Waals surface area contributed by atoms with Gasteiger partial charge in [0.1, 0.15) is 5.75 Å². The molecule has 140 valence electrons. The fourth-order valence-corrected chi connectivity index (χ4v) is 3.29. The number of aldehydes is 1.